The molecule has 0 bridgehead atoms. The van der Waals surface area contributed by atoms with E-state index in [1.165, 1.54) is 5.56 Å². The molecule has 5 nitrogen and oxygen atoms in total. The standard InChI is InChI=1S/C16H21N3O2/c1-10-15-14(19(2)18-10)8-12(9-17-15)7-11-3-5-13(6-4-11)16(20)21/h8-9,11,13H,3-7H2,1-2H3,(H,20,21)/t11-,13-. The Hall–Kier alpha value is -1.91. The van der Waals surface area contributed by atoms with Gasteiger partial charge in [-0.2, -0.15) is 5.10 Å². The number of aromatic nitrogens is 3. The third-order valence-electron chi connectivity index (χ3n) is 4.64. The number of rotatable bonds is 3. The lowest BCUT2D eigenvalue weighted by atomic mass is 9.79. The highest BCUT2D eigenvalue weighted by Gasteiger charge is 2.26. The molecule has 1 N–H and O–H groups in total. The number of hydrogen-bond donors (Lipinski definition) is 1. The Bertz CT molecular complexity index is 669. The van der Waals surface area contributed by atoms with Crippen LogP contribution in [0.25, 0.3) is 11.0 Å². The molecule has 1 fully saturated rings. The molecule has 112 valence electrons. The minimum absolute atomic E-state index is 0.137. The topological polar surface area (TPSA) is 68.0 Å². The molecule has 0 amide bonds. The highest BCUT2D eigenvalue weighted by molar-refractivity contribution is 5.77. The zero-order valence-corrected chi connectivity index (χ0v) is 12.5. The zero-order valence-electron chi connectivity index (χ0n) is 12.5. The number of fused-ring (bicyclic) bond motifs is 1. The highest BCUT2D eigenvalue weighted by atomic mass is 16.4. The van der Waals surface area contributed by atoms with E-state index in [-0.39, 0.29) is 5.92 Å². The summed E-state index contributed by atoms with van der Waals surface area (Å²) in [5.74, 6) is -0.197. The number of carboxylic acids is 1. The molecule has 1 saturated carbocycles. The van der Waals surface area contributed by atoms with Crippen LogP contribution in [0.15, 0.2) is 12.3 Å². The van der Waals surface area contributed by atoms with Gasteiger partial charge in [0.05, 0.1) is 17.1 Å². The summed E-state index contributed by atoms with van der Waals surface area (Å²) >= 11 is 0. The number of aliphatic carboxylic acids is 1. The van der Waals surface area contributed by atoms with Crippen molar-refractivity contribution < 1.29 is 9.90 Å². The van der Waals surface area contributed by atoms with Gasteiger partial charge < -0.3 is 5.11 Å². The maximum atomic E-state index is 11.0. The second-order valence-electron chi connectivity index (χ2n) is 6.18. The Morgan fingerprint density at radius 3 is 2.76 bits per heavy atom. The van der Waals surface area contributed by atoms with Crippen LogP contribution in [-0.4, -0.2) is 25.8 Å². The van der Waals surface area contributed by atoms with Crippen molar-refractivity contribution in [3.63, 3.8) is 0 Å². The van der Waals surface area contributed by atoms with Crippen LogP contribution < -0.4 is 0 Å². The second kappa shape index (κ2) is 5.47. The Kier molecular flexibility index (Phi) is 3.66. The summed E-state index contributed by atoms with van der Waals surface area (Å²) < 4.78 is 1.88. The summed E-state index contributed by atoms with van der Waals surface area (Å²) in [6.07, 6.45) is 6.54. The molecule has 1 aliphatic carbocycles. The molecule has 0 atom stereocenters. The molecule has 5 heteroatoms. The molecule has 1 aliphatic rings. The fourth-order valence-electron chi connectivity index (χ4n) is 3.40. The molecule has 0 aliphatic heterocycles. The van der Waals surface area contributed by atoms with Gasteiger partial charge in [0.15, 0.2) is 0 Å². The molecule has 2 heterocycles. The predicted molar refractivity (Wildman–Crippen MR) is 80.0 cm³/mol. The van der Waals surface area contributed by atoms with Gasteiger partial charge in [-0.3, -0.25) is 14.5 Å². The number of carbonyl (C=O) groups is 1. The van der Waals surface area contributed by atoms with E-state index < -0.39 is 5.97 Å². The fraction of sp³-hybridized carbons (Fsp3) is 0.562. The van der Waals surface area contributed by atoms with Crippen molar-refractivity contribution in [3.05, 3.63) is 23.5 Å². The van der Waals surface area contributed by atoms with E-state index in [2.05, 4.69) is 16.1 Å². The van der Waals surface area contributed by atoms with E-state index in [0.29, 0.717) is 5.92 Å². The highest BCUT2D eigenvalue weighted by Crippen LogP contribution is 2.31. The number of nitrogens with zero attached hydrogens (tertiary/aromatic N) is 3. The maximum Gasteiger partial charge on any atom is 0.306 e. The third-order valence-corrected chi connectivity index (χ3v) is 4.64. The van der Waals surface area contributed by atoms with Gasteiger partial charge in [-0.05, 0) is 56.6 Å². The molecule has 0 radical (unpaired) electrons. The lowest BCUT2D eigenvalue weighted by molar-refractivity contribution is -0.143. The maximum absolute atomic E-state index is 11.0. The summed E-state index contributed by atoms with van der Waals surface area (Å²) in [5, 5.41) is 13.4. The van der Waals surface area contributed by atoms with Crippen LogP contribution in [0.3, 0.4) is 0 Å². The van der Waals surface area contributed by atoms with E-state index >= 15 is 0 Å². The van der Waals surface area contributed by atoms with Crippen LogP contribution in [0, 0.1) is 18.8 Å². The average Bonchev–Trinajstić information content (AvgIpc) is 2.74. The van der Waals surface area contributed by atoms with Crippen molar-refractivity contribution in [3.8, 4) is 0 Å². The SMILES string of the molecule is Cc1nn(C)c2cc(C[C@H]3CC[C@H](C(=O)O)CC3)cnc12. The van der Waals surface area contributed by atoms with Gasteiger partial charge in [0, 0.05) is 13.2 Å². The van der Waals surface area contributed by atoms with Crippen molar-refractivity contribution >= 4 is 17.0 Å². The normalized spacial score (nSPS) is 22.6. The molecule has 0 unspecified atom stereocenters. The smallest absolute Gasteiger partial charge is 0.306 e. The van der Waals surface area contributed by atoms with Gasteiger partial charge >= 0.3 is 5.97 Å². The van der Waals surface area contributed by atoms with Gasteiger partial charge in [0.25, 0.3) is 0 Å². The predicted octanol–water partition coefficient (Wildman–Crippen LogP) is 2.71. The Balaban J connectivity index is 1.71. The largest absolute Gasteiger partial charge is 0.481 e. The Morgan fingerprint density at radius 1 is 1.38 bits per heavy atom. The van der Waals surface area contributed by atoms with Crippen LogP contribution in [0.2, 0.25) is 0 Å². The first kappa shape index (κ1) is 14.0. The summed E-state index contributed by atoms with van der Waals surface area (Å²) in [4.78, 5) is 15.5. The lowest BCUT2D eigenvalue weighted by Crippen LogP contribution is -2.22. The second-order valence-corrected chi connectivity index (χ2v) is 6.18. The Labute approximate surface area is 124 Å². The molecule has 3 rings (SSSR count). The van der Waals surface area contributed by atoms with E-state index in [0.717, 1.165) is 48.8 Å². The zero-order chi connectivity index (χ0) is 15.0. The molecule has 2 aromatic heterocycles. The third kappa shape index (κ3) is 2.77. The summed E-state index contributed by atoms with van der Waals surface area (Å²) in [5.41, 5.74) is 4.23. The summed E-state index contributed by atoms with van der Waals surface area (Å²) in [6, 6.07) is 2.17. The molecule has 21 heavy (non-hydrogen) atoms. The van der Waals surface area contributed by atoms with E-state index in [1.54, 1.807) is 0 Å². The summed E-state index contributed by atoms with van der Waals surface area (Å²) in [7, 11) is 1.94. The first-order chi connectivity index (χ1) is 10.0. The minimum Gasteiger partial charge on any atom is -0.481 e. The van der Waals surface area contributed by atoms with Crippen molar-refractivity contribution in [1.29, 1.82) is 0 Å². The van der Waals surface area contributed by atoms with Gasteiger partial charge in [0.1, 0.15) is 5.52 Å². The first-order valence-corrected chi connectivity index (χ1v) is 7.55. The first-order valence-electron chi connectivity index (χ1n) is 7.55. The van der Waals surface area contributed by atoms with Crippen LogP contribution in [0.4, 0.5) is 0 Å². The van der Waals surface area contributed by atoms with Crippen molar-refractivity contribution in [2.75, 3.05) is 0 Å². The molecular formula is C16H21N3O2. The number of aryl methyl sites for hydroxylation is 2. The molecule has 0 saturated heterocycles. The van der Waals surface area contributed by atoms with E-state index in [9.17, 15) is 4.79 Å². The fourth-order valence-corrected chi connectivity index (χ4v) is 3.40. The molecule has 0 spiro atoms. The average molecular weight is 287 g/mol. The van der Waals surface area contributed by atoms with Crippen LogP contribution in [-0.2, 0) is 18.3 Å². The van der Waals surface area contributed by atoms with Crippen LogP contribution in [0.1, 0.15) is 36.9 Å². The van der Waals surface area contributed by atoms with E-state index in [4.69, 9.17) is 5.11 Å². The lowest BCUT2D eigenvalue weighted by Gasteiger charge is -2.26. The molecule has 0 aromatic carbocycles. The molecular weight excluding hydrogens is 266 g/mol. The summed E-state index contributed by atoms with van der Waals surface area (Å²) in [6.45, 7) is 1.97. The van der Waals surface area contributed by atoms with Crippen LogP contribution in [0.5, 0.6) is 0 Å². The number of pyridine rings is 1. The van der Waals surface area contributed by atoms with Crippen molar-refractivity contribution in [2.45, 2.75) is 39.0 Å². The minimum atomic E-state index is -0.637. The molecule has 2 aromatic rings. The monoisotopic (exact) mass is 287 g/mol. The van der Waals surface area contributed by atoms with Gasteiger partial charge in [-0.25, -0.2) is 0 Å². The van der Waals surface area contributed by atoms with Gasteiger partial charge in [-0.15, -0.1) is 0 Å². The van der Waals surface area contributed by atoms with Gasteiger partial charge in [-0.1, -0.05) is 0 Å². The van der Waals surface area contributed by atoms with Crippen molar-refractivity contribution in [2.24, 2.45) is 18.9 Å². The Morgan fingerprint density at radius 2 is 2.10 bits per heavy atom. The van der Waals surface area contributed by atoms with E-state index in [1.807, 2.05) is 24.9 Å². The van der Waals surface area contributed by atoms with Crippen molar-refractivity contribution in [1.82, 2.24) is 14.8 Å². The number of hydrogen-bond acceptors (Lipinski definition) is 3. The quantitative estimate of drug-likeness (QED) is 0.942. The van der Waals surface area contributed by atoms with Gasteiger partial charge in [0.2, 0.25) is 0 Å². The van der Waals surface area contributed by atoms with Crippen LogP contribution >= 0.6 is 0 Å². The number of carboxylic acid groups (broad SMARTS) is 1.